The van der Waals surface area contributed by atoms with E-state index in [4.69, 9.17) is 4.74 Å². The molecule has 1 fully saturated rings. The number of likely N-dealkylation sites (tertiary alicyclic amines) is 1. The van der Waals surface area contributed by atoms with Crippen molar-refractivity contribution in [3.05, 3.63) is 11.9 Å². The molecule has 5 nitrogen and oxygen atoms in total. The van der Waals surface area contributed by atoms with Crippen LogP contribution in [0.25, 0.3) is 0 Å². The minimum atomic E-state index is -0.239. The molecule has 2 heterocycles. The molecule has 2 aliphatic rings. The molecule has 2 N–H and O–H groups in total. The predicted molar refractivity (Wildman–Crippen MR) is 68.8 cm³/mol. The van der Waals surface area contributed by atoms with Crippen molar-refractivity contribution in [2.24, 2.45) is 4.99 Å². The van der Waals surface area contributed by atoms with Crippen molar-refractivity contribution >= 4 is 5.71 Å². The van der Waals surface area contributed by atoms with E-state index < -0.39 is 0 Å². The molecule has 17 heavy (non-hydrogen) atoms. The van der Waals surface area contributed by atoms with Gasteiger partial charge < -0.3 is 20.3 Å². The lowest BCUT2D eigenvalue weighted by Crippen LogP contribution is -2.46. The van der Waals surface area contributed by atoms with Crippen molar-refractivity contribution in [2.45, 2.75) is 32.2 Å². The number of hydrogen-bond donors (Lipinski definition) is 2. The molecule has 0 aromatic rings. The second-order valence-electron chi connectivity index (χ2n) is 4.58. The SMILES string of the molecule is CNC1CCN(C2=CC(C)=NC(OC)N2)CC1. The van der Waals surface area contributed by atoms with E-state index in [0.29, 0.717) is 6.04 Å². The fourth-order valence-electron chi connectivity index (χ4n) is 2.32. The summed E-state index contributed by atoms with van der Waals surface area (Å²) in [5.74, 6) is 1.14. The van der Waals surface area contributed by atoms with Crippen molar-refractivity contribution < 1.29 is 4.74 Å². The van der Waals surface area contributed by atoms with Gasteiger partial charge in [0.25, 0.3) is 0 Å². The average molecular weight is 238 g/mol. The van der Waals surface area contributed by atoms with E-state index in [2.05, 4.69) is 26.6 Å². The highest BCUT2D eigenvalue weighted by atomic mass is 16.5. The summed E-state index contributed by atoms with van der Waals surface area (Å²) in [5.41, 5.74) is 1.02. The van der Waals surface area contributed by atoms with Crippen molar-refractivity contribution in [1.82, 2.24) is 15.5 Å². The van der Waals surface area contributed by atoms with Crippen LogP contribution in [0.3, 0.4) is 0 Å². The second kappa shape index (κ2) is 5.51. The molecule has 0 saturated carbocycles. The molecule has 0 aliphatic carbocycles. The number of nitrogens with zero attached hydrogens (tertiary/aromatic N) is 2. The Morgan fingerprint density at radius 1 is 1.47 bits per heavy atom. The number of aliphatic imine (C=N–C) groups is 1. The van der Waals surface area contributed by atoms with E-state index in [0.717, 1.165) is 24.6 Å². The van der Waals surface area contributed by atoms with Gasteiger partial charge in [0.1, 0.15) is 5.82 Å². The zero-order valence-corrected chi connectivity index (χ0v) is 10.9. The highest BCUT2D eigenvalue weighted by Crippen LogP contribution is 2.16. The maximum absolute atomic E-state index is 5.25. The van der Waals surface area contributed by atoms with Gasteiger partial charge >= 0.3 is 0 Å². The van der Waals surface area contributed by atoms with Crippen molar-refractivity contribution in [2.75, 3.05) is 27.2 Å². The predicted octanol–water partition coefficient (Wildman–Crippen LogP) is 0.506. The first-order valence-electron chi connectivity index (χ1n) is 6.20. The molecule has 0 amide bonds. The fourth-order valence-corrected chi connectivity index (χ4v) is 2.32. The van der Waals surface area contributed by atoms with Crippen LogP contribution in [0.5, 0.6) is 0 Å². The van der Waals surface area contributed by atoms with Crippen LogP contribution in [-0.2, 0) is 4.74 Å². The quantitative estimate of drug-likeness (QED) is 0.752. The van der Waals surface area contributed by atoms with Gasteiger partial charge in [0.2, 0.25) is 6.35 Å². The van der Waals surface area contributed by atoms with Crippen LogP contribution >= 0.6 is 0 Å². The Kier molecular flexibility index (Phi) is 4.02. The minimum Gasteiger partial charge on any atom is -0.358 e. The highest BCUT2D eigenvalue weighted by Gasteiger charge is 2.22. The number of methoxy groups -OCH3 is 1. The number of hydrogen-bond acceptors (Lipinski definition) is 5. The van der Waals surface area contributed by atoms with Gasteiger partial charge in [-0.1, -0.05) is 0 Å². The number of nitrogens with one attached hydrogen (secondary N) is 2. The maximum atomic E-state index is 5.25. The van der Waals surface area contributed by atoms with Crippen LogP contribution in [-0.4, -0.2) is 50.3 Å². The maximum Gasteiger partial charge on any atom is 0.226 e. The van der Waals surface area contributed by atoms with Crippen LogP contribution in [0.15, 0.2) is 16.9 Å². The van der Waals surface area contributed by atoms with Crippen LogP contribution in [0, 0.1) is 0 Å². The van der Waals surface area contributed by atoms with Crippen molar-refractivity contribution in [3.63, 3.8) is 0 Å². The van der Waals surface area contributed by atoms with Crippen LogP contribution in [0.2, 0.25) is 0 Å². The van der Waals surface area contributed by atoms with Crippen molar-refractivity contribution in [1.29, 1.82) is 0 Å². The summed E-state index contributed by atoms with van der Waals surface area (Å²) in [5, 5.41) is 6.63. The van der Waals surface area contributed by atoms with E-state index >= 15 is 0 Å². The molecule has 0 aromatic heterocycles. The second-order valence-corrected chi connectivity index (χ2v) is 4.58. The zero-order valence-electron chi connectivity index (χ0n) is 10.9. The fraction of sp³-hybridized carbons (Fsp3) is 0.750. The summed E-state index contributed by atoms with van der Waals surface area (Å²) in [6.45, 7) is 4.16. The first kappa shape index (κ1) is 12.4. The Hall–Kier alpha value is -1.07. The zero-order chi connectivity index (χ0) is 12.3. The molecule has 2 aliphatic heterocycles. The normalized spacial score (nSPS) is 26.3. The lowest BCUT2D eigenvalue weighted by molar-refractivity contribution is 0.0757. The van der Waals surface area contributed by atoms with E-state index in [1.165, 1.54) is 12.8 Å². The summed E-state index contributed by atoms with van der Waals surface area (Å²) in [6.07, 6.45) is 4.22. The Bertz CT molecular complexity index is 318. The van der Waals surface area contributed by atoms with Gasteiger partial charge in [-0.3, -0.25) is 0 Å². The topological polar surface area (TPSA) is 48.9 Å². The summed E-state index contributed by atoms with van der Waals surface area (Å²) in [6, 6.07) is 0.656. The van der Waals surface area contributed by atoms with Gasteiger partial charge in [-0.2, -0.15) is 0 Å². The van der Waals surface area contributed by atoms with Gasteiger partial charge in [-0.15, -0.1) is 0 Å². The third-order valence-electron chi connectivity index (χ3n) is 3.41. The number of piperidine rings is 1. The molecule has 1 unspecified atom stereocenters. The van der Waals surface area contributed by atoms with Gasteiger partial charge in [0.05, 0.1) is 0 Å². The van der Waals surface area contributed by atoms with Crippen LogP contribution in [0.4, 0.5) is 0 Å². The number of allylic oxidation sites excluding steroid dienone is 1. The summed E-state index contributed by atoms with van der Waals surface area (Å²) in [7, 11) is 3.71. The smallest absolute Gasteiger partial charge is 0.226 e. The standard InChI is InChI=1S/C12H22N4O/c1-9-8-11(15-12(14-9)17-3)16-6-4-10(13-2)5-7-16/h8,10,12-13,15H,4-7H2,1-3H3. The molecule has 1 saturated heterocycles. The molecular weight excluding hydrogens is 216 g/mol. The first-order chi connectivity index (χ1) is 8.22. The van der Waals surface area contributed by atoms with Gasteiger partial charge in [0.15, 0.2) is 0 Å². The molecule has 1 atom stereocenters. The van der Waals surface area contributed by atoms with Crippen LogP contribution < -0.4 is 10.6 Å². The monoisotopic (exact) mass is 238 g/mol. The largest absolute Gasteiger partial charge is 0.358 e. The van der Waals surface area contributed by atoms with Crippen molar-refractivity contribution in [3.8, 4) is 0 Å². The third-order valence-corrected chi connectivity index (χ3v) is 3.41. The Morgan fingerprint density at radius 3 is 2.76 bits per heavy atom. The van der Waals surface area contributed by atoms with E-state index in [-0.39, 0.29) is 6.35 Å². The summed E-state index contributed by atoms with van der Waals surface area (Å²) < 4.78 is 5.25. The molecular formula is C12H22N4O. The van der Waals surface area contributed by atoms with E-state index in [1.54, 1.807) is 7.11 Å². The van der Waals surface area contributed by atoms with E-state index in [9.17, 15) is 0 Å². The van der Waals surface area contributed by atoms with Gasteiger partial charge in [-0.25, -0.2) is 4.99 Å². The molecule has 0 spiro atoms. The highest BCUT2D eigenvalue weighted by molar-refractivity contribution is 5.93. The van der Waals surface area contributed by atoms with Crippen LogP contribution in [0.1, 0.15) is 19.8 Å². The Morgan fingerprint density at radius 2 is 2.18 bits per heavy atom. The molecule has 5 heteroatoms. The average Bonchev–Trinajstić information content (AvgIpc) is 2.38. The third kappa shape index (κ3) is 2.98. The Balaban J connectivity index is 1.97. The molecule has 0 aromatic carbocycles. The van der Waals surface area contributed by atoms with Gasteiger partial charge in [-0.05, 0) is 32.9 Å². The first-order valence-corrected chi connectivity index (χ1v) is 6.20. The molecule has 0 bridgehead atoms. The molecule has 0 radical (unpaired) electrons. The minimum absolute atomic E-state index is 0.239. The Labute approximate surface area is 103 Å². The number of ether oxygens (including phenoxy) is 1. The van der Waals surface area contributed by atoms with E-state index in [1.807, 2.05) is 14.0 Å². The lowest BCUT2D eigenvalue weighted by atomic mass is 10.1. The summed E-state index contributed by atoms with van der Waals surface area (Å²) in [4.78, 5) is 6.72. The lowest BCUT2D eigenvalue weighted by Gasteiger charge is -2.37. The molecule has 96 valence electrons. The molecule has 2 rings (SSSR count). The van der Waals surface area contributed by atoms with Gasteiger partial charge in [0, 0.05) is 32.0 Å². The number of rotatable bonds is 3. The summed E-state index contributed by atoms with van der Waals surface area (Å²) >= 11 is 0.